The molecule has 0 bridgehead atoms. The van der Waals surface area contributed by atoms with Crippen LogP contribution in [0.1, 0.15) is 10.5 Å². The number of nitrogens with one attached hydrogen (secondary N) is 1. The fraction of sp³-hybridized carbons (Fsp3) is 0.154. The Bertz CT molecular complexity index is 628. The molecule has 0 fully saturated rings. The van der Waals surface area contributed by atoms with Gasteiger partial charge in [-0.15, -0.1) is 0 Å². The number of alkyl halides is 2. The van der Waals surface area contributed by atoms with Gasteiger partial charge in [0.1, 0.15) is 11.5 Å². The molecule has 2 rings (SSSR count). The largest absolute Gasteiger partial charge is 0.338 e. The van der Waals surface area contributed by atoms with Crippen molar-refractivity contribution in [3.63, 3.8) is 0 Å². The van der Waals surface area contributed by atoms with Crippen molar-refractivity contribution in [2.45, 2.75) is 13.0 Å². The summed E-state index contributed by atoms with van der Waals surface area (Å²) in [5.41, 5.74) is 0.342. The highest BCUT2D eigenvalue weighted by Gasteiger charge is 2.14. The van der Waals surface area contributed by atoms with E-state index < -0.39 is 24.7 Å². The van der Waals surface area contributed by atoms with Crippen molar-refractivity contribution in [1.29, 1.82) is 0 Å². The number of aromatic nitrogens is 1. The Hall–Kier alpha value is -1.76. The van der Waals surface area contributed by atoms with Crippen LogP contribution in [0.25, 0.3) is 0 Å². The predicted molar refractivity (Wildman–Crippen MR) is 72.5 cm³/mol. The Balaban J connectivity index is 2.15. The summed E-state index contributed by atoms with van der Waals surface area (Å²) in [4.78, 5) is 12.0. The van der Waals surface area contributed by atoms with Gasteiger partial charge in [-0.25, -0.2) is 13.2 Å². The van der Waals surface area contributed by atoms with Gasteiger partial charge in [-0.05, 0) is 46.3 Å². The Morgan fingerprint density at radius 2 is 2.10 bits per heavy atom. The lowest BCUT2D eigenvalue weighted by Gasteiger charge is -2.09. The third-order valence-electron chi connectivity index (χ3n) is 2.57. The number of benzene rings is 1. The lowest BCUT2D eigenvalue weighted by molar-refractivity contribution is 0.0998. The number of carbonyl (C=O) groups is 1. The van der Waals surface area contributed by atoms with Gasteiger partial charge in [0.05, 0.1) is 11.0 Å². The maximum absolute atomic E-state index is 13.3. The van der Waals surface area contributed by atoms with Crippen LogP contribution in [0.2, 0.25) is 0 Å². The van der Waals surface area contributed by atoms with Crippen LogP contribution in [0.3, 0.4) is 0 Å². The minimum absolute atomic E-state index is 0.0913. The minimum atomic E-state index is -2.56. The normalized spacial score (nSPS) is 10.8. The van der Waals surface area contributed by atoms with Crippen LogP contribution < -0.4 is 5.32 Å². The van der Waals surface area contributed by atoms with Crippen molar-refractivity contribution in [1.82, 2.24) is 4.57 Å². The highest BCUT2D eigenvalue weighted by molar-refractivity contribution is 9.10. The van der Waals surface area contributed by atoms with Crippen molar-refractivity contribution >= 4 is 27.5 Å². The maximum atomic E-state index is 13.3. The van der Waals surface area contributed by atoms with E-state index in [1.807, 2.05) is 0 Å². The van der Waals surface area contributed by atoms with Crippen molar-refractivity contribution in [2.24, 2.45) is 0 Å². The molecule has 0 spiro atoms. The number of hydrogen-bond donors (Lipinski definition) is 1. The molecule has 1 N–H and O–H groups in total. The molecule has 0 aliphatic heterocycles. The predicted octanol–water partition coefficient (Wildman–Crippen LogP) is 3.91. The molecule has 20 heavy (non-hydrogen) atoms. The molecule has 0 aliphatic carbocycles. The molecule has 1 heterocycles. The standard InChI is InChI=1S/C13H10BrF3N2O/c14-9-4-3-8(6-10(9)15)18-13(20)11-2-1-5-19(11)7-12(16)17/h1-6,12H,7H2,(H,18,20). The molecule has 0 saturated carbocycles. The number of rotatable bonds is 4. The van der Waals surface area contributed by atoms with Crippen molar-refractivity contribution < 1.29 is 18.0 Å². The first-order valence-corrected chi connectivity index (χ1v) is 6.46. The van der Waals surface area contributed by atoms with Gasteiger partial charge in [-0.3, -0.25) is 4.79 Å². The van der Waals surface area contributed by atoms with E-state index in [4.69, 9.17) is 0 Å². The summed E-state index contributed by atoms with van der Waals surface area (Å²) < 4.78 is 39.5. The third-order valence-corrected chi connectivity index (χ3v) is 3.22. The second-order valence-corrected chi connectivity index (χ2v) is 4.87. The molecule has 0 radical (unpaired) electrons. The van der Waals surface area contributed by atoms with Crippen molar-refractivity contribution in [3.05, 3.63) is 52.5 Å². The number of halogens is 4. The van der Waals surface area contributed by atoms with Crippen LogP contribution in [0.5, 0.6) is 0 Å². The summed E-state index contributed by atoms with van der Waals surface area (Å²) in [6, 6.07) is 7.02. The van der Waals surface area contributed by atoms with Gasteiger partial charge in [-0.2, -0.15) is 0 Å². The van der Waals surface area contributed by atoms with Crippen molar-refractivity contribution in [3.8, 4) is 0 Å². The summed E-state index contributed by atoms with van der Waals surface area (Å²) in [6.07, 6.45) is -1.16. The topological polar surface area (TPSA) is 34.0 Å². The Morgan fingerprint density at radius 3 is 2.75 bits per heavy atom. The summed E-state index contributed by atoms with van der Waals surface area (Å²) >= 11 is 3.00. The van der Waals surface area contributed by atoms with E-state index in [1.54, 1.807) is 0 Å². The summed E-state index contributed by atoms with van der Waals surface area (Å²) in [5, 5.41) is 2.46. The monoisotopic (exact) mass is 346 g/mol. The van der Waals surface area contributed by atoms with Gasteiger partial charge >= 0.3 is 0 Å². The van der Waals surface area contributed by atoms with E-state index in [2.05, 4.69) is 21.2 Å². The summed E-state index contributed by atoms with van der Waals surface area (Å²) in [6.45, 7) is -0.565. The molecule has 1 amide bonds. The van der Waals surface area contributed by atoms with E-state index in [-0.39, 0.29) is 15.9 Å². The van der Waals surface area contributed by atoms with Crippen LogP contribution in [-0.2, 0) is 6.54 Å². The van der Waals surface area contributed by atoms with E-state index in [0.29, 0.717) is 0 Å². The highest BCUT2D eigenvalue weighted by Crippen LogP contribution is 2.20. The molecule has 1 aromatic carbocycles. The molecule has 2 aromatic rings. The smallest absolute Gasteiger partial charge is 0.272 e. The number of nitrogens with zero attached hydrogens (tertiary/aromatic N) is 1. The van der Waals surface area contributed by atoms with Crippen LogP contribution >= 0.6 is 15.9 Å². The lowest BCUT2D eigenvalue weighted by atomic mass is 10.3. The van der Waals surface area contributed by atoms with E-state index in [1.165, 1.54) is 30.5 Å². The number of amides is 1. The first-order valence-electron chi connectivity index (χ1n) is 5.67. The first kappa shape index (κ1) is 14.6. The van der Waals surface area contributed by atoms with Crippen LogP contribution in [0.15, 0.2) is 41.0 Å². The average molecular weight is 347 g/mol. The molecule has 1 aromatic heterocycles. The fourth-order valence-electron chi connectivity index (χ4n) is 1.70. The molecule has 0 saturated heterocycles. The van der Waals surface area contributed by atoms with E-state index in [0.717, 1.165) is 10.6 Å². The summed E-state index contributed by atoms with van der Waals surface area (Å²) in [5.74, 6) is -1.09. The van der Waals surface area contributed by atoms with Crippen molar-refractivity contribution in [2.75, 3.05) is 5.32 Å². The van der Waals surface area contributed by atoms with Gasteiger partial charge in [-0.1, -0.05) is 0 Å². The first-order chi connectivity index (χ1) is 9.47. The maximum Gasteiger partial charge on any atom is 0.272 e. The zero-order valence-electron chi connectivity index (χ0n) is 10.1. The zero-order chi connectivity index (χ0) is 14.7. The van der Waals surface area contributed by atoms with Gasteiger partial charge in [0.25, 0.3) is 12.3 Å². The number of anilines is 1. The Kier molecular flexibility index (Phi) is 4.49. The molecular weight excluding hydrogens is 337 g/mol. The zero-order valence-corrected chi connectivity index (χ0v) is 11.7. The van der Waals surface area contributed by atoms with E-state index in [9.17, 15) is 18.0 Å². The Labute approximate surface area is 121 Å². The fourth-order valence-corrected chi connectivity index (χ4v) is 1.94. The number of hydrogen-bond acceptors (Lipinski definition) is 1. The van der Waals surface area contributed by atoms with E-state index >= 15 is 0 Å². The van der Waals surface area contributed by atoms with Gasteiger partial charge in [0.2, 0.25) is 0 Å². The minimum Gasteiger partial charge on any atom is -0.338 e. The molecule has 0 unspecified atom stereocenters. The second kappa shape index (κ2) is 6.13. The SMILES string of the molecule is O=C(Nc1ccc(Br)c(F)c1)c1cccn1CC(F)F. The molecule has 3 nitrogen and oxygen atoms in total. The molecular formula is C13H10BrF3N2O. The molecule has 7 heteroatoms. The molecule has 106 valence electrons. The van der Waals surface area contributed by atoms with Gasteiger partial charge in [0, 0.05) is 11.9 Å². The number of carbonyl (C=O) groups excluding carboxylic acids is 1. The third kappa shape index (κ3) is 3.41. The average Bonchev–Trinajstić information content (AvgIpc) is 2.81. The second-order valence-electron chi connectivity index (χ2n) is 4.02. The van der Waals surface area contributed by atoms with Crippen LogP contribution in [0.4, 0.5) is 18.9 Å². The van der Waals surface area contributed by atoms with Gasteiger partial charge < -0.3 is 9.88 Å². The lowest BCUT2D eigenvalue weighted by Crippen LogP contribution is -2.18. The Morgan fingerprint density at radius 1 is 1.35 bits per heavy atom. The van der Waals surface area contributed by atoms with Crippen LogP contribution in [0, 0.1) is 5.82 Å². The van der Waals surface area contributed by atoms with Gasteiger partial charge in [0.15, 0.2) is 0 Å². The molecule has 0 atom stereocenters. The quantitative estimate of drug-likeness (QED) is 0.894. The summed E-state index contributed by atoms with van der Waals surface area (Å²) in [7, 11) is 0. The van der Waals surface area contributed by atoms with Crippen LogP contribution in [-0.4, -0.2) is 16.9 Å². The molecule has 0 aliphatic rings. The highest BCUT2D eigenvalue weighted by atomic mass is 79.9.